The maximum atomic E-state index is 10.6. The van der Waals surface area contributed by atoms with Gasteiger partial charge in [0, 0.05) is 13.0 Å². The van der Waals surface area contributed by atoms with Crippen molar-refractivity contribution in [3.8, 4) is 0 Å². The van der Waals surface area contributed by atoms with E-state index in [0.29, 0.717) is 19.6 Å². The number of carbonyl (C=O) groups excluding carboxylic acids is 1. The fraction of sp³-hybridized carbons (Fsp3) is 0.833. The molecule has 0 aliphatic carbocycles. The Bertz CT molecular complexity index is 114. The smallest absolute Gasteiger partial charge is 0.222 e. The minimum absolute atomic E-state index is 0.0966. The topological polar surface area (TPSA) is 38.3 Å². The first-order valence-electron chi connectivity index (χ1n) is 3.17. The molecule has 9 heavy (non-hydrogen) atoms. The highest BCUT2D eigenvalue weighted by atomic mass is 16.5. The monoisotopic (exact) mass is 129 g/mol. The molecule has 1 fully saturated rings. The van der Waals surface area contributed by atoms with E-state index in [1.54, 1.807) is 0 Å². The van der Waals surface area contributed by atoms with Crippen LogP contribution in [-0.2, 0) is 9.53 Å². The first-order chi connectivity index (χ1) is 4.29. The quantitative estimate of drug-likeness (QED) is 0.496. The van der Waals surface area contributed by atoms with Crippen LogP contribution in [-0.4, -0.2) is 25.2 Å². The lowest BCUT2D eigenvalue weighted by Gasteiger charge is -2.05. The fourth-order valence-electron chi connectivity index (χ4n) is 0.758. The Hall–Kier alpha value is -0.570. The van der Waals surface area contributed by atoms with Crippen molar-refractivity contribution in [2.75, 3.05) is 13.2 Å². The van der Waals surface area contributed by atoms with Gasteiger partial charge in [-0.15, -0.1) is 0 Å². The molecule has 1 saturated heterocycles. The van der Waals surface area contributed by atoms with Crippen LogP contribution >= 0.6 is 0 Å². The lowest BCUT2D eigenvalue weighted by molar-refractivity contribution is -0.120. The molecule has 0 saturated carbocycles. The van der Waals surface area contributed by atoms with Crippen LogP contribution in [0.4, 0.5) is 0 Å². The summed E-state index contributed by atoms with van der Waals surface area (Å²) in [5.41, 5.74) is 0. The number of hydrogen-bond acceptors (Lipinski definition) is 2. The summed E-state index contributed by atoms with van der Waals surface area (Å²) in [6.07, 6.45) is 0.682. The average molecular weight is 129 g/mol. The van der Waals surface area contributed by atoms with Gasteiger partial charge in [-0.1, -0.05) is 0 Å². The third-order valence-electron chi connectivity index (χ3n) is 1.32. The van der Waals surface area contributed by atoms with Crippen LogP contribution in [0.2, 0.25) is 0 Å². The number of nitrogens with one attached hydrogen (secondary N) is 1. The molecule has 0 aromatic carbocycles. The van der Waals surface area contributed by atoms with Gasteiger partial charge >= 0.3 is 0 Å². The summed E-state index contributed by atoms with van der Waals surface area (Å²) in [4.78, 5) is 10.6. The number of carbonyl (C=O) groups is 1. The Morgan fingerprint density at radius 2 is 2.56 bits per heavy atom. The van der Waals surface area contributed by atoms with Crippen molar-refractivity contribution in [2.24, 2.45) is 0 Å². The molecule has 1 atom stereocenters. The van der Waals surface area contributed by atoms with Crippen LogP contribution in [0, 0.1) is 0 Å². The third kappa shape index (κ3) is 2.01. The summed E-state index contributed by atoms with van der Waals surface area (Å²) in [6, 6.07) is 0. The Morgan fingerprint density at radius 3 is 3.33 bits per heavy atom. The van der Waals surface area contributed by atoms with Crippen molar-refractivity contribution in [3.63, 3.8) is 0 Å². The second-order valence-electron chi connectivity index (χ2n) is 2.24. The van der Waals surface area contributed by atoms with Crippen molar-refractivity contribution in [1.29, 1.82) is 0 Å². The number of rotatable bonds is 0. The lowest BCUT2D eigenvalue weighted by atomic mass is 10.4. The molecule has 3 heteroatoms. The predicted molar refractivity (Wildman–Crippen MR) is 33.0 cm³/mol. The van der Waals surface area contributed by atoms with Gasteiger partial charge in [0.15, 0.2) is 0 Å². The van der Waals surface area contributed by atoms with E-state index < -0.39 is 0 Å². The molecule has 0 aromatic heterocycles. The molecular weight excluding hydrogens is 118 g/mol. The molecule has 1 heterocycles. The average Bonchev–Trinajstić information content (AvgIpc) is 1.97. The molecule has 1 amide bonds. The summed E-state index contributed by atoms with van der Waals surface area (Å²) in [6.45, 7) is 3.16. The Morgan fingerprint density at radius 1 is 1.78 bits per heavy atom. The Kier molecular flexibility index (Phi) is 2.05. The summed E-state index contributed by atoms with van der Waals surface area (Å²) in [5.74, 6) is 0.0966. The third-order valence-corrected chi connectivity index (χ3v) is 1.32. The molecule has 1 rings (SSSR count). The van der Waals surface area contributed by atoms with Crippen LogP contribution in [0.25, 0.3) is 0 Å². The van der Waals surface area contributed by atoms with Crippen molar-refractivity contribution >= 4 is 5.91 Å². The molecule has 52 valence electrons. The van der Waals surface area contributed by atoms with Gasteiger partial charge in [-0.05, 0) is 6.92 Å². The van der Waals surface area contributed by atoms with Crippen LogP contribution < -0.4 is 5.32 Å². The van der Waals surface area contributed by atoms with Gasteiger partial charge < -0.3 is 10.1 Å². The molecule has 0 bridgehead atoms. The van der Waals surface area contributed by atoms with Crippen molar-refractivity contribution in [2.45, 2.75) is 19.4 Å². The molecule has 3 nitrogen and oxygen atoms in total. The minimum atomic E-state index is 0.0966. The summed E-state index contributed by atoms with van der Waals surface area (Å²) >= 11 is 0. The van der Waals surface area contributed by atoms with Gasteiger partial charge in [-0.2, -0.15) is 0 Å². The fourth-order valence-corrected chi connectivity index (χ4v) is 0.758. The standard InChI is InChI=1S/C6H11NO2/c1-5-4-7-6(8)2-3-9-5/h5H,2-4H2,1H3,(H,7,8). The zero-order chi connectivity index (χ0) is 6.69. The van der Waals surface area contributed by atoms with Crippen molar-refractivity contribution < 1.29 is 9.53 Å². The SMILES string of the molecule is CC1CNC(=O)CCO1. The van der Waals surface area contributed by atoms with Crippen molar-refractivity contribution in [3.05, 3.63) is 0 Å². The molecular formula is C6H11NO2. The molecule has 0 aromatic rings. The Balaban J connectivity index is 2.34. The molecule has 0 spiro atoms. The van der Waals surface area contributed by atoms with Gasteiger partial charge in [-0.25, -0.2) is 0 Å². The van der Waals surface area contributed by atoms with Crippen LogP contribution in [0.3, 0.4) is 0 Å². The van der Waals surface area contributed by atoms with Crippen LogP contribution in [0.5, 0.6) is 0 Å². The zero-order valence-electron chi connectivity index (χ0n) is 5.52. The minimum Gasteiger partial charge on any atom is -0.376 e. The predicted octanol–water partition coefficient (Wildman–Crippen LogP) is -0.0886. The van der Waals surface area contributed by atoms with E-state index in [2.05, 4.69) is 5.32 Å². The van der Waals surface area contributed by atoms with E-state index in [1.165, 1.54) is 0 Å². The van der Waals surface area contributed by atoms with Gasteiger partial charge in [-0.3, -0.25) is 4.79 Å². The van der Waals surface area contributed by atoms with E-state index in [4.69, 9.17) is 4.74 Å². The van der Waals surface area contributed by atoms with E-state index in [0.717, 1.165) is 0 Å². The van der Waals surface area contributed by atoms with Gasteiger partial charge in [0.05, 0.1) is 12.7 Å². The van der Waals surface area contributed by atoms with E-state index in [-0.39, 0.29) is 12.0 Å². The van der Waals surface area contributed by atoms with Crippen molar-refractivity contribution in [1.82, 2.24) is 5.32 Å². The first-order valence-corrected chi connectivity index (χ1v) is 3.17. The summed E-state index contributed by atoms with van der Waals surface area (Å²) in [7, 11) is 0. The molecule has 0 radical (unpaired) electrons. The van der Waals surface area contributed by atoms with E-state index >= 15 is 0 Å². The van der Waals surface area contributed by atoms with E-state index in [1.807, 2.05) is 6.92 Å². The normalized spacial score (nSPS) is 29.0. The number of amides is 1. The zero-order valence-corrected chi connectivity index (χ0v) is 5.52. The lowest BCUT2D eigenvalue weighted by Crippen LogP contribution is -2.27. The highest BCUT2D eigenvalue weighted by molar-refractivity contribution is 5.76. The van der Waals surface area contributed by atoms with Crippen LogP contribution in [0.15, 0.2) is 0 Å². The highest BCUT2D eigenvalue weighted by Gasteiger charge is 2.10. The van der Waals surface area contributed by atoms with Gasteiger partial charge in [0.25, 0.3) is 0 Å². The molecule has 1 aliphatic rings. The second kappa shape index (κ2) is 2.82. The Labute approximate surface area is 54.4 Å². The highest BCUT2D eigenvalue weighted by Crippen LogP contribution is 1.95. The summed E-state index contributed by atoms with van der Waals surface area (Å²) < 4.78 is 5.19. The number of ether oxygens (including phenoxy) is 1. The van der Waals surface area contributed by atoms with Gasteiger partial charge in [0.2, 0.25) is 5.91 Å². The maximum Gasteiger partial charge on any atom is 0.222 e. The first kappa shape index (κ1) is 6.55. The molecule has 1 unspecified atom stereocenters. The van der Waals surface area contributed by atoms with Crippen LogP contribution in [0.1, 0.15) is 13.3 Å². The van der Waals surface area contributed by atoms with Gasteiger partial charge in [0.1, 0.15) is 0 Å². The van der Waals surface area contributed by atoms with E-state index in [9.17, 15) is 4.79 Å². The largest absolute Gasteiger partial charge is 0.376 e. The maximum absolute atomic E-state index is 10.6. The molecule has 1 N–H and O–H groups in total. The second-order valence-corrected chi connectivity index (χ2v) is 2.24. The number of hydrogen-bond donors (Lipinski definition) is 1. The molecule has 1 aliphatic heterocycles. The summed E-state index contributed by atoms with van der Waals surface area (Å²) in [5, 5.41) is 2.73.